The number of rotatable bonds is 7. The summed E-state index contributed by atoms with van der Waals surface area (Å²) in [5, 5.41) is 0. The highest BCUT2D eigenvalue weighted by molar-refractivity contribution is 7.91. The second-order valence-corrected chi connectivity index (χ2v) is 7.63. The summed E-state index contributed by atoms with van der Waals surface area (Å²) in [6, 6.07) is 3.63. The van der Waals surface area contributed by atoms with Crippen molar-refractivity contribution in [3.63, 3.8) is 0 Å². The maximum atomic E-state index is 12.2. The van der Waals surface area contributed by atoms with E-state index in [9.17, 15) is 13.2 Å². The van der Waals surface area contributed by atoms with E-state index in [2.05, 4.69) is 9.72 Å². The smallest absolute Gasteiger partial charge is 0.306 e. The van der Waals surface area contributed by atoms with E-state index >= 15 is 0 Å². The Bertz CT molecular complexity index is 564. The highest BCUT2D eigenvalue weighted by Gasteiger charge is 2.47. The normalized spacial score (nSPS) is 16.6. The Morgan fingerprint density at radius 1 is 1.35 bits per heavy atom. The van der Waals surface area contributed by atoms with E-state index in [1.807, 2.05) is 12.1 Å². The molecule has 0 amide bonds. The van der Waals surface area contributed by atoms with Gasteiger partial charge in [0.05, 0.1) is 25.0 Å². The lowest BCUT2D eigenvalue weighted by molar-refractivity contribution is -0.141. The first-order valence-electron chi connectivity index (χ1n) is 6.61. The Hall–Kier alpha value is -1.43. The van der Waals surface area contributed by atoms with Crippen LogP contribution in [0.15, 0.2) is 24.5 Å². The van der Waals surface area contributed by atoms with E-state index in [0.717, 1.165) is 18.4 Å². The minimum Gasteiger partial charge on any atom is -0.469 e. The summed E-state index contributed by atoms with van der Waals surface area (Å²) >= 11 is 0. The molecule has 1 fully saturated rings. The second-order valence-electron chi connectivity index (χ2n) is 5.45. The lowest BCUT2D eigenvalue weighted by Gasteiger charge is -2.13. The van der Waals surface area contributed by atoms with E-state index in [0.29, 0.717) is 6.42 Å². The molecule has 1 saturated carbocycles. The van der Waals surface area contributed by atoms with Crippen molar-refractivity contribution in [1.29, 1.82) is 0 Å². The zero-order valence-electron chi connectivity index (χ0n) is 11.5. The van der Waals surface area contributed by atoms with E-state index in [1.54, 1.807) is 12.4 Å². The van der Waals surface area contributed by atoms with Gasteiger partial charge >= 0.3 is 5.97 Å². The standard InChI is InChI=1S/C14H19NO4S/c1-19-13(16)10-14(5-6-14)11-20(17,18)9-4-12-2-7-15-8-3-12/h2-3,7-8H,4-6,9-11H2,1H3. The van der Waals surface area contributed by atoms with Crippen LogP contribution in [0.1, 0.15) is 24.8 Å². The molecule has 5 nitrogen and oxygen atoms in total. The number of carbonyl (C=O) groups is 1. The van der Waals surface area contributed by atoms with Crippen molar-refractivity contribution in [2.45, 2.75) is 25.7 Å². The van der Waals surface area contributed by atoms with E-state index in [1.165, 1.54) is 7.11 Å². The topological polar surface area (TPSA) is 73.3 Å². The van der Waals surface area contributed by atoms with Gasteiger partial charge in [-0.3, -0.25) is 9.78 Å². The van der Waals surface area contributed by atoms with Crippen LogP contribution < -0.4 is 0 Å². The quantitative estimate of drug-likeness (QED) is 0.711. The second kappa shape index (κ2) is 5.91. The molecule has 0 bridgehead atoms. The molecule has 0 aromatic carbocycles. The molecule has 1 aliphatic carbocycles. The van der Waals surface area contributed by atoms with Gasteiger partial charge in [-0.2, -0.15) is 0 Å². The summed E-state index contributed by atoms with van der Waals surface area (Å²) in [6.07, 6.45) is 5.58. The van der Waals surface area contributed by atoms with Gasteiger partial charge < -0.3 is 4.74 Å². The number of ether oxygens (including phenoxy) is 1. The van der Waals surface area contributed by atoms with Gasteiger partial charge in [0.2, 0.25) is 0 Å². The van der Waals surface area contributed by atoms with Gasteiger partial charge in [-0.25, -0.2) is 8.42 Å². The van der Waals surface area contributed by atoms with E-state index < -0.39 is 9.84 Å². The van der Waals surface area contributed by atoms with Crippen molar-refractivity contribution in [2.75, 3.05) is 18.6 Å². The molecule has 1 aromatic heterocycles. The molecule has 0 saturated heterocycles. The predicted molar refractivity (Wildman–Crippen MR) is 74.9 cm³/mol. The molecule has 20 heavy (non-hydrogen) atoms. The molecular weight excluding hydrogens is 278 g/mol. The molecule has 0 radical (unpaired) electrons. The van der Waals surface area contributed by atoms with Crippen molar-refractivity contribution in [2.24, 2.45) is 5.41 Å². The lowest BCUT2D eigenvalue weighted by atomic mass is 10.1. The van der Waals surface area contributed by atoms with Gasteiger partial charge in [0, 0.05) is 12.4 Å². The third-order valence-corrected chi connectivity index (χ3v) is 5.56. The first-order chi connectivity index (χ1) is 9.45. The van der Waals surface area contributed by atoms with E-state index in [4.69, 9.17) is 0 Å². The van der Waals surface area contributed by atoms with Gasteiger partial charge in [-0.05, 0) is 42.4 Å². The maximum absolute atomic E-state index is 12.2. The first kappa shape index (κ1) is 15.0. The zero-order chi connectivity index (χ0) is 14.6. The molecule has 2 rings (SSSR count). The van der Waals surface area contributed by atoms with Crippen molar-refractivity contribution in [1.82, 2.24) is 4.98 Å². The fourth-order valence-corrected chi connectivity index (χ4v) is 4.30. The van der Waals surface area contributed by atoms with Crippen LogP contribution in [0.2, 0.25) is 0 Å². The Kier molecular flexibility index (Phi) is 4.42. The van der Waals surface area contributed by atoms with Crippen LogP contribution in [-0.2, 0) is 25.8 Å². The molecule has 0 unspecified atom stereocenters. The molecule has 0 atom stereocenters. The first-order valence-corrected chi connectivity index (χ1v) is 8.43. The van der Waals surface area contributed by atoms with Crippen LogP contribution in [0.25, 0.3) is 0 Å². The van der Waals surface area contributed by atoms with Gasteiger partial charge in [0.15, 0.2) is 9.84 Å². The Morgan fingerprint density at radius 2 is 2.00 bits per heavy atom. The molecule has 1 heterocycles. The van der Waals surface area contributed by atoms with Crippen LogP contribution >= 0.6 is 0 Å². The third kappa shape index (κ3) is 4.30. The fraction of sp³-hybridized carbons (Fsp3) is 0.571. The monoisotopic (exact) mass is 297 g/mol. The number of nitrogens with zero attached hydrogens (tertiary/aromatic N) is 1. The SMILES string of the molecule is COC(=O)CC1(CS(=O)(=O)CCc2ccncc2)CC1. The van der Waals surface area contributed by atoms with Crippen LogP contribution in [0, 0.1) is 5.41 Å². The van der Waals surface area contributed by atoms with Crippen LogP contribution in [0.5, 0.6) is 0 Å². The summed E-state index contributed by atoms with van der Waals surface area (Å²) in [4.78, 5) is 15.2. The number of methoxy groups -OCH3 is 1. The molecule has 0 N–H and O–H groups in total. The number of esters is 1. The van der Waals surface area contributed by atoms with Crippen molar-refractivity contribution in [3.05, 3.63) is 30.1 Å². The molecule has 0 spiro atoms. The lowest BCUT2D eigenvalue weighted by Crippen LogP contribution is -2.23. The van der Waals surface area contributed by atoms with Crippen LogP contribution in [0.3, 0.4) is 0 Å². The van der Waals surface area contributed by atoms with Gasteiger partial charge in [0.1, 0.15) is 0 Å². The zero-order valence-corrected chi connectivity index (χ0v) is 12.4. The van der Waals surface area contributed by atoms with Crippen molar-refractivity contribution >= 4 is 15.8 Å². The minimum absolute atomic E-state index is 0.0835. The number of pyridine rings is 1. The Balaban J connectivity index is 1.90. The number of carbonyl (C=O) groups excluding carboxylic acids is 1. The molecule has 110 valence electrons. The van der Waals surface area contributed by atoms with Crippen LogP contribution in [0.4, 0.5) is 0 Å². The summed E-state index contributed by atoms with van der Waals surface area (Å²) < 4.78 is 29.0. The average Bonchev–Trinajstić information content (AvgIpc) is 3.16. The fourth-order valence-electron chi connectivity index (χ4n) is 2.29. The molecule has 0 aliphatic heterocycles. The molecule has 1 aromatic rings. The maximum Gasteiger partial charge on any atom is 0.306 e. The van der Waals surface area contributed by atoms with Gasteiger partial charge in [-0.15, -0.1) is 0 Å². The minimum atomic E-state index is -3.16. The summed E-state index contributed by atoms with van der Waals surface area (Å²) in [6.45, 7) is 0. The number of hydrogen-bond donors (Lipinski definition) is 0. The average molecular weight is 297 g/mol. The Labute approximate surface area is 119 Å². The molecular formula is C14H19NO4S. The number of aromatic nitrogens is 1. The highest BCUT2D eigenvalue weighted by Crippen LogP contribution is 2.50. The van der Waals surface area contributed by atoms with Crippen molar-refractivity contribution < 1.29 is 17.9 Å². The predicted octanol–water partition coefficient (Wildman–Crippen LogP) is 1.38. The summed E-state index contributed by atoms with van der Waals surface area (Å²) in [7, 11) is -1.83. The summed E-state index contributed by atoms with van der Waals surface area (Å²) in [5.74, 6) is -0.132. The van der Waals surface area contributed by atoms with Gasteiger partial charge in [0.25, 0.3) is 0 Å². The van der Waals surface area contributed by atoms with Crippen molar-refractivity contribution in [3.8, 4) is 0 Å². The summed E-state index contributed by atoms with van der Waals surface area (Å²) in [5.41, 5.74) is 0.589. The molecule has 6 heteroatoms. The highest BCUT2D eigenvalue weighted by atomic mass is 32.2. The van der Waals surface area contributed by atoms with Crippen LogP contribution in [-0.4, -0.2) is 38.0 Å². The number of sulfone groups is 1. The molecule has 1 aliphatic rings. The van der Waals surface area contributed by atoms with E-state index in [-0.39, 0.29) is 29.3 Å². The Morgan fingerprint density at radius 3 is 2.55 bits per heavy atom. The largest absolute Gasteiger partial charge is 0.469 e. The number of aryl methyl sites for hydroxylation is 1. The van der Waals surface area contributed by atoms with Gasteiger partial charge in [-0.1, -0.05) is 0 Å². The third-order valence-electron chi connectivity index (χ3n) is 3.68. The number of hydrogen-bond acceptors (Lipinski definition) is 5.